The highest BCUT2D eigenvalue weighted by Crippen LogP contribution is 2.41. The lowest BCUT2D eigenvalue weighted by molar-refractivity contribution is 0.309. The summed E-state index contributed by atoms with van der Waals surface area (Å²) in [6, 6.07) is 12.4. The van der Waals surface area contributed by atoms with Crippen molar-refractivity contribution >= 4 is 17.3 Å². The largest absolute Gasteiger partial charge is 0.352 e. The van der Waals surface area contributed by atoms with E-state index in [1.807, 2.05) is 30.6 Å². The van der Waals surface area contributed by atoms with Gasteiger partial charge in [0, 0.05) is 43.6 Å². The molecule has 0 radical (unpaired) electrons. The lowest BCUT2D eigenvalue weighted by Gasteiger charge is -2.28. The molecule has 5 nitrogen and oxygen atoms in total. The third kappa shape index (κ3) is 3.21. The monoisotopic (exact) mass is 377 g/mol. The summed E-state index contributed by atoms with van der Waals surface area (Å²) in [6.45, 7) is 5.01. The van der Waals surface area contributed by atoms with Crippen LogP contribution in [0.5, 0.6) is 0 Å². The van der Waals surface area contributed by atoms with Gasteiger partial charge in [-0.2, -0.15) is 0 Å². The van der Waals surface area contributed by atoms with E-state index in [0.29, 0.717) is 6.54 Å². The third-order valence-corrected chi connectivity index (χ3v) is 5.76. The number of nitrogens with one attached hydrogen (secondary N) is 1. The molecule has 0 aromatic carbocycles. The summed E-state index contributed by atoms with van der Waals surface area (Å²) in [7, 11) is 2.11. The van der Waals surface area contributed by atoms with Crippen molar-refractivity contribution in [2.24, 2.45) is 7.05 Å². The van der Waals surface area contributed by atoms with Crippen LogP contribution >= 0.6 is 12.2 Å². The van der Waals surface area contributed by atoms with Crippen molar-refractivity contribution < 1.29 is 0 Å². The van der Waals surface area contributed by atoms with E-state index >= 15 is 0 Å². The summed E-state index contributed by atoms with van der Waals surface area (Å²) in [5, 5.41) is 4.26. The van der Waals surface area contributed by atoms with Gasteiger partial charge < -0.3 is 14.8 Å². The van der Waals surface area contributed by atoms with Gasteiger partial charge in [0.15, 0.2) is 5.11 Å². The fraction of sp³-hybridized carbons (Fsp3) is 0.286. The molecule has 0 saturated carbocycles. The Morgan fingerprint density at radius 2 is 2.00 bits per heavy atom. The molecular formula is C21H23N5S. The van der Waals surface area contributed by atoms with Crippen LogP contribution in [0, 0.1) is 13.8 Å². The maximum Gasteiger partial charge on any atom is 0.170 e. The molecule has 1 aliphatic rings. The van der Waals surface area contributed by atoms with Gasteiger partial charge in [-0.15, -0.1) is 0 Å². The molecule has 0 unspecified atom stereocenters. The number of aryl methyl sites for hydroxylation is 1. The normalized spacial score (nSPS) is 19.4. The highest BCUT2D eigenvalue weighted by molar-refractivity contribution is 7.80. The summed E-state index contributed by atoms with van der Waals surface area (Å²) in [5.41, 5.74) is 5.91. The average Bonchev–Trinajstić information content (AvgIpc) is 3.14. The Morgan fingerprint density at radius 1 is 1.15 bits per heavy atom. The van der Waals surface area contributed by atoms with E-state index in [0.717, 1.165) is 16.4 Å². The third-order valence-electron chi connectivity index (χ3n) is 5.41. The summed E-state index contributed by atoms with van der Waals surface area (Å²) >= 11 is 5.74. The van der Waals surface area contributed by atoms with Crippen LogP contribution in [0.1, 0.15) is 40.3 Å². The van der Waals surface area contributed by atoms with Gasteiger partial charge in [0.25, 0.3) is 0 Å². The van der Waals surface area contributed by atoms with E-state index in [-0.39, 0.29) is 12.1 Å². The Balaban J connectivity index is 1.79. The Labute approximate surface area is 165 Å². The Bertz CT molecular complexity index is 951. The van der Waals surface area contributed by atoms with Gasteiger partial charge in [-0.05, 0) is 61.5 Å². The second-order valence-corrected chi connectivity index (χ2v) is 7.39. The predicted molar refractivity (Wildman–Crippen MR) is 110 cm³/mol. The van der Waals surface area contributed by atoms with Gasteiger partial charge in [-0.3, -0.25) is 9.97 Å². The predicted octanol–water partition coefficient (Wildman–Crippen LogP) is 3.60. The zero-order chi connectivity index (χ0) is 19.0. The first-order chi connectivity index (χ1) is 13.1. The molecule has 3 aromatic rings. The number of hydrogen-bond donors (Lipinski definition) is 1. The van der Waals surface area contributed by atoms with Gasteiger partial charge >= 0.3 is 0 Å². The molecular weight excluding hydrogens is 354 g/mol. The van der Waals surface area contributed by atoms with Crippen LogP contribution in [0.4, 0.5) is 0 Å². The van der Waals surface area contributed by atoms with Crippen LogP contribution in [0.3, 0.4) is 0 Å². The molecule has 1 N–H and O–H groups in total. The second kappa shape index (κ2) is 7.12. The number of thiocarbonyl (C=S) groups is 1. The summed E-state index contributed by atoms with van der Waals surface area (Å²) in [6.07, 6.45) is 5.53. The topological polar surface area (TPSA) is 46.0 Å². The van der Waals surface area contributed by atoms with Crippen molar-refractivity contribution in [3.63, 3.8) is 0 Å². The van der Waals surface area contributed by atoms with Gasteiger partial charge in [0.1, 0.15) is 0 Å². The Kier molecular flexibility index (Phi) is 4.66. The molecule has 1 aliphatic heterocycles. The Morgan fingerprint density at radius 3 is 2.63 bits per heavy atom. The SMILES string of the molecule is Cc1cc([C@H]2[C@H](c3ccccn3)NC(=S)N2Cc2cccnc2)c(C)n1C. The fourth-order valence-electron chi connectivity index (χ4n) is 3.79. The van der Waals surface area contributed by atoms with Crippen molar-refractivity contribution in [3.8, 4) is 0 Å². The number of hydrogen-bond acceptors (Lipinski definition) is 3. The number of pyridine rings is 2. The fourth-order valence-corrected chi connectivity index (χ4v) is 4.09. The molecule has 0 spiro atoms. The maximum atomic E-state index is 5.74. The number of rotatable bonds is 4. The highest BCUT2D eigenvalue weighted by Gasteiger charge is 2.41. The first-order valence-corrected chi connectivity index (χ1v) is 9.47. The zero-order valence-electron chi connectivity index (χ0n) is 15.8. The summed E-state index contributed by atoms with van der Waals surface area (Å²) in [4.78, 5) is 11.1. The zero-order valence-corrected chi connectivity index (χ0v) is 16.6. The minimum atomic E-state index is 0.0101. The average molecular weight is 378 g/mol. The van der Waals surface area contributed by atoms with Crippen LogP contribution in [-0.2, 0) is 13.6 Å². The van der Waals surface area contributed by atoms with Crippen molar-refractivity contribution in [1.29, 1.82) is 0 Å². The van der Waals surface area contributed by atoms with E-state index in [9.17, 15) is 0 Å². The Hall–Kier alpha value is -2.73. The molecule has 6 heteroatoms. The minimum absolute atomic E-state index is 0.0101. The van der Waals surface area contributed by atoms with E-state index in [2.05, 4.69) is 63.8 Å². The molecule has 2 atom stereocenters. The van der Waals surface area contributed by atoms with Gasteiger partial charge in [0.05, 0.1) is 17.8 Å². The van der Waals surface area contributed by atoms with E-state index < -0.39 is 0 Å². The van der Waals surface area contributed by atoms with Gasteiger partial charge in [0.2, 0.25) is 0 Å². The molecule has 0 amide bonds. The van der Waals surface area contributed by atoms with Crippen LogP contribution in [0.2, 0.25) is 0 Å². The maximum absolute atomic E-state index is 5.74. The molecule has 4 rings (SSSR count). The van der Waals surface area contributed by atoms with Crippen LogP contribution in [-0.4, -0.2) is 24.5 Å². The highest BCUT2D eigenvalue weighted by atomic mass is 32.1. The summed E-state index contributed by atoms with van der Waals surface area (Å²) in [5.74, 6) is 0. The number of aromatic nitrogens is 3. The lowest BCUT2D eigenvalue weighted by atomic mass is 9.96. The van der Waals surface area contributed by atoms with Crippen molar-refractivity contribution in [1.82, 2.24) is 24.8 Å². The lowest BCUT2D eigenvalue weighted by Crippen LogP contribution is -2.29. The molecule has 1 fully saturated rings. The molecule has 4 heterocycles. The summed E-state index contributed by atoms with van der Waals surface area (Å²) < 4.78 is 2.23. The molecule has 1 saturated heterocycles. The molecule has 138 valence electrons. The van der Waals surface area contributed by atoms with Crippen LogP contribution in [0.15, 0.2) is 55.0 Å². The molecule has 3 aromatic heterocycles. The first-order valence-electron chi connectivity index (χ1n) is 9.06. The standard InChI is InChI=1S/C21H23N5S/c1-14-11-17(15(2)25(14)3)20-19(18-8-4-5-10-23-18)24-21(27)26(20)13-16-7-6-9-22-12-16/h4-12,19-20H,13H2,1-3H3,(H,24,27)/t19-,20-/m0/s1. The van der Waals surface area contributed by atoms with E-state index in [1.54, 1.807) is 6.20 Å². The van der Waals surface area contributed by atoms with E-state index in [4.69, 9.17) is 12.2 Å². The van der Waals surface area contributed by atoms with Gasteiger partial charge in [-0.1, -0.05) is 12.1 Å². The molecule has 27 heavy (non-hydrogen) atoms. The van der Waals surface area contributed by atoms with Crippen LogP contribution in [0.25, 0.3) is 0 Å². The minimum Gasteiger partial charge on any atom is -0.352 e. The second-order valence-electron chi connectivity index (χ2n) is 7.00. The van der Waals surface area contributed by atoms with Crippen LogP contribution < -0.4 is 5.32 Å². The molecule has 0 aliphatic carbocycles. The first kappa shape index (κ1) is 17.7. The number of nitrogens with zero attached hydrogens (tertiary/aromatic N) is 4. The van der Waals surface area contributed by atoms with Gasteiger partial charge in [-0.25, -0.2) is 0 Å². The van der Waals surface area contributed by atoms with E-state index in [1.165, 1.54) is 17.0 Å². The molecule has 0 bridgehead atoms. The van der Waals surface area contributed by atoms with Crippen molar-refractivity contribution in [2.75, 3.05) is 0 Å². The van der Waals surface area contributed by atoms with Crippen molar-refractivity contribution in [3.05, 3.63) is 83.2 Å². The smallest absolute Gasteiger partial charge is 0.170 e. The van der Waals surface area contributed by atoms with Crippen molar-refractivity contribution in [2.45, 2.75) is 32.5 Å². The quantitative estimate of drug-likeness (QED) is 0.704.